The predicted molar refractivity (Wildman–Crippen MR) is 75.0 cm³/mol. The summed E-state index contributed by atoms with van der Waals surface area (Å²) in [6.07, 6.45) is 0. The van der Waals surface area contributed by atoms with Gasteiger partial charge in [0.05, 0.1) is 12.7 Å². The Hall–Kier alpha value is -1.81. The van der Waals surface area contributed by atoms with Gasteiger partial charge in [-0.25, -0.2) is 0 Å². The maximum atomic E-state index is 12.4. The van der Waals surface area contributed by atoms with Crippen LogP contribution >= 0.6 is 15.9 Å². The lowest BCUT2D eigenvalue weighted by atomic mass is 10.0. The van der Waals surface area contributed by atoms with Crippen LogP contribution in [0.4, 0.5) is 5.69 Å². The first-order chi connectivity index (χ1) is 8.63. The number of hydrogen-bond donors (Lipinski definition) is 1. The zero-order valence-corrected chi connectivity index (χ0v) is 11.4. The van der Waals surface area contributed by atoms with Crippen molar-refractivity contribution in [3.8, 4) is 5.75 Å². The molecule has 0 saturated carbocycles. The molecule has 3 nitrogen and oxygen atoms in total. The van der Waals surface area contributed by atoms with E-state index in [-0.39, 0.29) is 5.78 Å². The van der Waals surface area contributed by atoms with Crippen molar-refractivity contribution in [3.05, 3.63) is 58.1 Å². The van der Waals surface area contributed by atoms with Gasteiger partial charge in [0.2, 0.25) is 0 Å². The van der Waals surface area contributed by atoms with E-state index in [0.717, 1.165) is 0 Å². The summed E-state index contributed by atoms with van der Waals surface area (Å²) in [4.78, 5) is 12.4. The number of carbonyl (C=O) groups is 1. The number of hydrogen-bond acceptors (Lipinski definition) is 3. The molecule has 0 spiro atoms. The molecule has 0 aliphatic rings. The van der Waals surface area contributed by atoms with E-state index in [9.17, 15) is 4.79 Å². The number of methoxy groups -OCH3 is 1. The van der Waals surface area contributed by atoms with Crippen LogP contribution in [0.15, 0.2) is 46.9 Å². The van der Waals surface area contributed by atoms with E-state index in [1.54, 1.807) is 43.5 Å². The van der Waals surface area contributed by atoms with Crippen LogP contribution in [0.25, 0.3) is 0 Å². The monoisotopic (exact) mass is 305 g/mol. The Morgan fingerprint density at radius 1 is 1.17 bits per heavy atom. The Bertz CT molecular complexity index is 596. The van der Waals surface area contributed by atoms with E-state index in [4.69, 9.17) is 10.5 Å². The normalized spacial score (nSPS) is 10.1. The zero-order chi connectivity index (χ0) is 13.1. The molecule has 2 aromatic carbocycles. The van der Waals surface area contributed by atoms with Gasteiger partial charge in [-0.15, -0.1) is 0 Å². The van der Waals surface area contributed by atoms with E-state index in [0.29, 0.717) is 27.0 Å². The third kappa shape index (κ3) is 2.38. The summed E-state index contributed by atoms with van der Waals surface area (Å²) < 4.78 is 5.91. The third-order valence-electron chi connectivity index (χ3n) is 2.59. The maximum absolute atomic E-state index is 12.4. The number of nitrogens with two attached hydrogens (primary N) is 1. The number of ketones is 1. The third-order valence-corrected chi connectivity index (χ3v) is 3.28. The average Bonchev–Trinajstić information content (AvgIpc) is 2.40. The maximum Gasteiger partial charge on any atom is 0.197 e. The van der Waals surface area contributed by atoms with Crippen molar-refractivity contribution >= 4 is 27.4 Å². The van der Waals surface area contributed by atoms with Gasteiger partial charge in [-0.05, 0) is 30.3 Å². The summed E-state index contributed by atoms with van der Waals surface area (Å²) in [5.41, 5.74) is 7.31. The molecule has 0 fully saturated rings. The van der Waals surface area contributed by atoms with Gasteiger partial charge >= 0.3 is 0 Å². The second-order valence-corrected chi connectivity index (χ2v) is 4.62. The molecular weight excluding hydrogens is 294 g/mol. The summed E-state index contributed by atoms with van der Waals surface area (Å²) >= 11 is 3.36. The van der Waals surface area contributed by atoms with Crippen molar-refractivity contribution < 1.29 is 9.53 Å². The van der Waals surface area contributed by atoms with Gasteiger partial charge < -0.3 is 10.5 Å². The lowest BCUT2D eigenvalue weighted by Crippen LogP contribution is -2.05. The molecule has 0 atom stereocenters. The topological polar surface area (TPSA) is 52.3 Å². The van der Waals surface area contributed by atoms with E-state index in [1.807, 2.05) is 6.07 Å². The molecule has 0 aromatic heterocycles. The standard InChI is InChI=1S/C14H12BrNO2/c1-18-13-5-3-2-4-10(13)14(17)11-8-9(16)6-7-12(11)15/h2-8H,16H2,1H3. The molecule has 2 N–H and O–H groups in total. The van der Waals surface area contributed by atoms with Crippen LogP contribution < -0.4 is 10.5 Å². The first-order valence-corrected chi connectivity index (χ1v) is 6.15. The molecule has 0 amide bonds. The lowest BCUT2D eigenvalue weighted by molar-refractivity contribution is 0.103. The Kier molecular flexibility index (Phi) is 3.67. The second kappa shape index (κ2) is 5.23. The molecular formula is C14H12BrNO2. The molecule has 92 valence electrons. The van der Waals surface area contributed by atoms with Gasteiger partial charge in [-0.2, -0.15) is 0 Å². The number of halogens is 1. The highest BCUT2D eigenvalue weighted by molar-refractivity contribution is 9.10. The van der Waals surface area contributed by atoms with E-state index < -0.39 is 0 Å². The number of para-hydroxylation sites is 1. The van der Waals surface area contributed by atoms with Gasteiger partial charge in [-0.1, -0.05) is 28.1 Å². The summed E-state index contributed by atoms with van der Waals surface area (Å²) in [7, 11) is 1.54. The Morgan fingerprint density at radius 2 is 1.89 bits per heavy atom. The molecule has 0 bridgehead atoms. The zero-order valence-electron chi connectivity index (χ0n) is 9.81. The van der Waals surface area contributed by atoms with Gasteiger partial charge in [0, 0.05) is 15.7 Å². The Morgan fingerprint density at radius 3 is 2.61 bits per heavy atom. The minimum atomic E-state index is -0.119. The highest BCUT2D eigenvalue weighted by Gasteiger charge is 2.16. The Balaban J connectivity index is 2.51. The second-order valence-electron chi connectivity index (χ2n) is 3.77. The minimum absolute atomic E-state index is 0.119. The SMILES string of the molecule is COc1ccccc1C(=O)c1cc(N)ccc1Br. The van der Waals surface area contributed by atoms with Crippen LogP contribution in [0.5, 0.6) is 5.75 Å². The van der Waals surface area contributed by atoms with Gasteiger partial charge in [0.1, 0.15) is 5.75 Å². The number of carbonyl (C=O) groups excluding carboxylic acids is 1. The number of ether oxygens (including phenoxy) is 1. The molecule has 2 rings (SSSR count). The number of nitrogen functional groups attached to an aromatic ring is 1. The molecule has 4 heteroatoms. The van der Waals surface area contributed by atoms with Crippen LogP contribution in [0.1, 0.15) is 15.9 Å². The summed E-state index contributed by atoms with van der Waals surface area (Å²) in [6, 6.07) is 12.3. The first-order valence-electron chi connectivity index (χ1n) is 5.36. The summed E-state index contributed by atoms with van der Waals surface area (Å²) in [6.45, 7) is 0. The molecule has 0 heterocycles. The quantitative estimate of drug-likeness (QED) is 0.699. The van der Waals surface area contributed by atoms with Gasteiger partial charge in [-0.3, -0.25) is 4.79 Å². The van der Waals surface area contributed by atoms with E-state index in [1.165, 1.54) is 0 Å². The molecule has 0 saturated heterocycles. The number of benzene rings is 2. The molecule has 0 aliphatic carbocycles. The van der Waals surface area contributed by atoms with Crippen molar-refractivity contribution in [2.45, 2.75) is 0 Å². The largest absolute Gasteiger partial charge is 0.496 e. The van der Waals surface area contributed by atoms with Crippen molar-refractivity contribution in [3.63, 3.8) is 0 Å². The van der Waals surface area contributed by atoms with Crippen molar-refractivity contribution in [1.82, 2.24) is 0 Å². The van der Waals surface area contributed by atoms with Crippen molar-refractivity contribution in [1.29, 1.82) is 0 Å². The number of anilines is 1. The van der Waals surface area contributed by atoms with E-state index >= 15 is 0 Å². The fraction of sp³-hybridized carbons (Fsp3) is 0.0714. The van der Waals surface area contributed by atoms with Gasteiger partial charge in [0.15, 0.2) is 5.78 Å². The predicted octanol–water partition coefficient (Wildman–Crippen LogP) is 3.27. The molecule has 2 aromatic rings. The fourth-order valence-corrected chi connectivity index (χ4v) is 2.12. The number of rotatable bonds is 3. The smallest absolute Gasteiger partial charge is 0.197 e. The highest BCUT2D eigenvalue weighted by atomic mass is 79.9. The molecule has 18 heavy (non-hydrogen) atoms. The molecule has 0 aliphatic heterocycles. The van der Waals surface area contributed by atoms with Crippen molar-refractivity contribution in [2.24, 2.45) is 0 Å². The molecule has 0 radical (unpaired) electrons. The van der Waals surface area contributed by atoms with Crippen LogP contribution in [-0.4, -0.2) is 12.9 Å². The lowest BCUT2D eigenvalue weighted by Gasteiger charge is -2.09. The van der Waals surface area contributed by atoms with Crippen LogP contribution in [0, 0.1) is 0 Å². The van der Waals surface area contributed by atoms with Crippen LogP contribution in [0.3, 0.4) is 0 Å². The van der Waals surface area contributed by atoms with Crippen molar-refractivity contribution in [2.75, 3.05) is 12.8 Å². The summed E-state index contributed by atoms with van der Waals surface area (Å²) in [5, 5.41) is 0. The van der Waals surface area contributed by atoms with Crippen LogP contribution in [-0.2, 0) is 0 Å². The minimum Gasteiger partial charge on any atom is -0.496 e. The Labute approximate surface area is 114 Å². The molecule has 0 unspecified atom stereocenters. The van der Waals surface area contributed by atoms with Crippen LogP contribution in [0.2, 0.25) is 0 Å². The fourth-order valence-electron chi connectivity index (χ4n) is 1.69. The first kappa shape index (κ1) is 12.6. The van der Waals surface area contributed by atoms with Gasteiger partial charge in [0.25, 0.3) is 0 Å². The summed E-state index contributed by atoms with van der Waals surface area (Å²) in [5.74, 6) is 0.434. The van der Waals surface area contributed by atoms with E-state index in [2.05, 4.69) is 15.9 Å². The highest BCUT2D eigenvalue weighted by Crippen LogP contribution is 2.26. The average molecular weight is 306 g/mol.